The van der Waals surface area contributed by atoms with Gasteiger partial charge in [-0.25, -0.2) is 9.29 Å². The minimum atomic E-state index is -3.33. The average Bonchev–Trinajstić information content (AvgIpc) is 3.25. The molecule has 0 saturated carbocycles. The zero-order valence-electron chi connectivity index (χ0n) is 18.2. The lowest BCUT2D eigenvalue weighted by atomic mass is 10.1. The van der Waals surface area contributed by atoms with E-state index in [0.717, 1.165) is 6.20 Å². The summed E-state index contributed by atoms with van der Waals surface area (Å²) in [5.74, 6) is -0.690. The third kappa shape index (κ3) is 6.56. The molecule has 10 nitrogen and oxygen atoms in total. The highest BCUT2D eigenvalue weighted by molar-refractivity contribution is 8.22. The van der Waals surface area contributed by atoms with Crippen LogP contribution in [0.4, 0.5) is 9.52 Å². The Balaban J connectivity index is 1.85. The number of nitrogens with one attached hydrogen (secondary N) is 1. The lowest BCUT2D eigenvalue weighted by Crippen LogP contribution is -2.30. The first-order valence-corrected chi connectivity index (χ1v) is 12.4. The number of aromatic nitrogens is 2. The number of hydrogen-bond acceptors (Lipinski definition) is 10. The van der Waals surface area contributed by atoms with E-state index in [-0.39, 0.29) is 35.5 Å². The summed E-state index contributed by atoms with van der Waals surface area (Å²) >= 11 is 0.661. The minimum Gasteiger partial charge on any atom is -0.395 e. The van der Waals surface area contributed by atoms with Crippen LogP contribution in [0.5, 0.6) is 0 Å². The van der Waals surface area contributed by atoms with Gasteiger partial charge in [-0.2, -0.15) is 4.39 Å². The van der Waals surface area contributed by atoms with Gasteiger partial charge in [-0.3, -0.25) is 24.2 Å². The molecule has 0 aliphatic rings. The second-order valence-corrected chi connectivity index (χ2v) is 9.75. The highest BCUT2D eigenvalue weighted by atomic mass is 32.3. The summed E-state index contributed by atoms with van der Waals surface area (Å²) in [5.41, 5.74) is 0.790. The standard InChI is InChI=1S/C21H24FN5O5S2/c1-2-27(11-12-28)34(30,31)17-8-6-15(7-9-17)19(20(29)25-21-24-13-18(22)33-21)26-32-14-16-5-3-4-10-23-16/h3-10,13,28,30-31H,2,11-12,14H2,1H3,(H,24,25,29)/b26-19+. The quantitative estimate of drug-likeness (QED) is 0.227. The van der Waals surface area contributed by atoms with Gasteiger partial charge in [0.05, 0.1) is 23.4 Å². The normalized spacial score (nSPS) is 12.6. The Hall–Kier alpha value is -2.94. The summed E-state index contributed by atoms with van der Waals surface area (Å²) in [4.78, 5) is 26.3. The van der Waals surface area contributed by atoms with Gasteiger partial charge >= 0.3 is 0 Å². The summed E-state index contributed by atoms with van der Waals surface area (Å²) in [6.45, 7) is 1.92. The maximum atomic E-state index is 13.3. The van der Waals surface area contributed by atoms with Crippen molar-refractivity contribution in [3.05, 3.63) is 71.2 Å². The first kappa shape index (κ1) is 25.7. The molecular formula is C21H24FN5O5S2. The Kier molecular flexibility index (Phi) is 9.04. The molecule has 3 aromatic rings. The van der Waals surface area contributed by atoms with Crippen molar-refractivity contribution in [3.8, 4) is 0 Å². The van der Waals surface area contributed by atoms with Gasteiger partial charge < -0.3 is 9.94 Å². The van der Waals surface area contributed by atoms with Crippen LogP contribution in [0, 0.1) is 5.13 Å². The smallest absolute Gasteiger partial charge is 0.280 e. The molecule has 0 atom stereocenters. The highest BCUT2D eigenvalue weighted by Crippen LogP contribution is 2.51. The number of pyridine rings is 1. The van der Waals surface area contributed by atoms with Gasteiger partial charge in [0.2, 0.25) is 0 Å². The zero-order chi connectivity index (χ0) is 24.6. The molecule has 3 rings (SSSR count). The van der Waals surface area contributed by atoms with E-state index in [4.69, 9.17) is 4.84 Å². The van der Waals surface area contributed by atoms with Crippen LogP contribution in [0.25, 0.3) is 0 Å². The van der Waals surface area contributed by atoms with Gasteiger partial charge in [0.1, 0.15) is 0 Å². The fourth-order valence-electron chi connectivity index (χ4n) is 2.86. The number of hydrogen-bond donors (Lipinski definition) is 4. The van der Waals surface area contributed by atoms with Crippen LogP contribution in [-0.4, -0.2) is 59.8 Å². The maximum Gasteiger partial charge on any atom is 0.280 e. The monoisotopic (exact) mass is 509 g/mol. The number of oxime groups is 1. The number of benzene rings is 1. The number of halogens is 1. The van der Waals surface area contributed by atoms with Crippen LogP contribution in [-0.2, 0) is 16.2 Å². The Morgan fingerprint density at radius 3 is 2.59 bits per heavy atom. The lowest BCUT2D eigenvalue weighted by Gasteiger charge is -2.42. The van der Waals surface area contributed by atoms with Gasteiger partial charge in [0.15, 0.2) is 22.6 Å². The van der Waals surface area contributed by atoms with Crippen molar-refractivity contribution in [3.63, 3.8) is 0 Å². The van der Waals surface area contributed by atoms with E-state index in [1.165, 1.54) is 28.6 Å². The molecule has 34 heavy (non-hydrogen) atoms. The van der Waals surface area contributed by atoms with Crippen LogP contribution < -0.4 is 5.32 Å². The predicted octanol–water partition coefficient (Wildman–Crippen LogP) is 3.58. The number of carbonyl (C=O) groups excluding carboxylic acids is 1. The van der Waals surface area contributed by atoms with E-state index in [9.17, 15) is 23.4 Å². The van der Waals surface area contributed by atoms with Crippen molar-refractivity contribution in [2.75, 3.05) is 25.0 Å². The number of carbonyl (C=O) groups is 1. The number of likely N-dealkylation sites (N-methyl/N-ethyl adjacent to an activating group) is 1. The van der Waals surface area contributed by atoms with Crippen LogP contribution in [0.3, 0.4) is 0 Å². The Labute approximate surface area is 201 Å². The van der Waals surface area contributed by atoms with Crippen LogP contribution in [0.2, 0.25) is 0 Å². The second kappa shape index (κ2) is 12.0. The Morgan fingerprint density at radius 1 is 1.24 bits per heavy atom. The molecule has 13 heteroatoms. The van der Waals surface area contributed by atoms with Gasteiger partial charge in [0, 0.05) is 24.8 Å². The number of rotatable bonds is 11. The molecule has 1 amide bonds. The van der Waals surface area contributed by atoms with Crippen LogP contribution in [0.15, 0.2) is 64.9 Å². The van der Waals surface area contributed by atoms with E-state index >= 15 is 0 Å². The fourth-order valence-corrected chi connectivity index (χ4v) is 4.90. The van der Waals surface area contributed by atoms with E-state index < -0.39 is 21.8 Å². The Bertz CT molecular complexity index is 1110. The highest BCUT2D eigenvalue weighted by Gasteiger charge is 2.24. The zero-order valence-corrected chi connectivity index (χ0v) is 19.8. The molecule has 0 radical (unpaired) electrons. The summed E-state index contributed by atoms with van der Waals surface area (Å²) < 4.78 is 35.9. The molecular weight excluding hydrogens is 485 g/mol. The number of thiazole rings is 1. The molecule has 182 valence electrons. The van der Waals surface area contributed by atoms with E-state index in [2.05, 4.69) is 20.4 Å². The number of aliphatic hydroxyl groups excluding tert-OH is 1. The van der Waals surface area contributed by atoms with Gasteiger partial charge in [-0.1, -0.05) is 41.6 Å². The van der Waals surface area contributed by atoms with Gasteiger partial charge in [0.25, 0.3) is 5.91 Å². The molecule has 1 aromatic carbocycles. The van der Waals surface area contributed by atoms with Crippen molar-refractivity contribution in [1.82, 2.24) is 14.3 Å². The molecule has 0 fully saturated rings. The molecule has 0 aliphatic carbocycles. The van der Waals surface area contributed by atoms with Crippen molar-refractivity contribution < 1.29 is 28.2 Å². The van der Waals surface area contributed by atoms with Crippen molar-refractivity contribution in [2.24, 2.45) is 5.16 Å². The maximum absolute atomic E-state index is 13.3. The third-order valence-electron chi connectivity index (χ3n) is 4.51. The molecule has 0 unspecified atom stereocenters. The summed E-state index contributed by atoms with van der Waals surface area (Å²) in [7, 11) is -3.33. The molecule has 2 aromatic heterocycles. The van der Waals surface area contributed by atoms with Crippen LogP contribution in [0.1, 0.15) is 18.2 Å². The molecule has 0 spiro atoms. The van der Waals surface area contributed by atoms with Gasteiger partial charge in [-0.15, -0.1) is 10.8 Å². The van der Waals surface area contributed by atoms with E-state index in [0.29, 0.717) is 29.1 Å². The summed E-state index contributed by atoms with van der Waals surface area (Å²) in [6.07, 6.45) is 2.58. The van der Waals surface area contributed by atoms with Gasteiger partial charge in [-0.05, 0) is 24.3 Å². The molecule has 0 aliphatic heterocycles. The average molecular weight is 510 g/mol. The lowest BCUT2D eigenvalue weighted by molar-refractivity contribution is -0.110. The molecule has 0 saturated heterocycles. The molecule has 4 N–H and O–H groups in total. The van der Waals surface area contributed by atoms with Crippen molar-refractivity contribution >= 4 is 38.9 Å². The molecule has 0 bridgehead atoms. The SMILES string of the molecule is CCN(CCO)S(O)(O)c1ccc(/C(=N\OCc2ccccn2)C(=O)Nc2ncc(F)s2)cc1. The minimum absolute atomic E-state index is 0.00867. The predicted molar refractivity (Wildman–Crippen MR) is 128 cm³/mol. The van der Waals surface area contributed by atoms with Crippen molar-refractivity contribution in [2.45, 2.75) is 18.4 Å². The topological polar surface area (TPSA) is 140 Å². The fraction of sp³-hybridized carbons (Fsp3) is 0.238. The van der Waals surface area contributed by atoms with E-state index in [1.54, 1.807) is 31.3 Å². The number of anilines is 1. The second-order valence-electron chi connectivity index (χ2n) is 6.75. The number of nitrogens with zero attached hydrogens (tertiary/aromatic N) is 4. The number of amides is 1. The van der Waals surface area contributed by atoms with E-state index in [1.807, 2.05) is 0 Å². The first-order chi connectivity index (χ1) is 16.3. The summed E-state index contributed by atoms with van der Waals surface area (Å²) in [6, 6.07) is 11.2. The number of aliphatic hydroxyl groups is 1. The first-order valence-electron chi connectivity index (χ1n) is 10.1. The summed E-state index contributed by atoms with van der Waals surface area (Å²) in [5, 5.41) is 15.1. The third-order valence-corrected chi connectivity index (χ3v) is 7.28. The Morgan fingerprint density at radius 2 is 2.00 bits per heavy atom. The van der Waals surface area contributed by atoms with Crippen molar-refractivity contribution in [1.29, 1.82) is 0 Å². The molecule has 2 heterocycles. The van der Waals surface area contributed by atoms with Crippen LogP contribution >= 0.6 is 22.1 Å². The largest absolute Gasteiger partial charge is 0.395 e.